The van der Waals surface area contributed by atoms with Crippen LogP contribution in [0.4, 0.5) is 18.9 Å². The van der Waals surface area contributed by atoms with E-state index in [4.69, 9.17) is 5.11 Å². The van der Waals surface area contributed by atoms with Crippen molar-refractivity contribution in [1.29, 1.82) is 0 Å². The normalized spacial score (nSPS) is 13.9. The van der Waals surface area contributed by atoms with Gasteiger partial charge in [0.15, 0.2) is 11.3 Å². The van der Waals surface area contributed by atoms with E-state index in [2.05, 4.69) is 0 Å². The number of rotatable bonds is 7. The molecule has 0 spiro atoms. The van der Waals surface area contributed by atoms with Crippen molar-refractivity contribution in [1.82, 2.24) is 5.32 Å². The second-order valence-electron chi connectivity index (χ2n) is 5.69. The molecule has 0 fully saturated rings. The number of carbonyl (C=O) groups excluding carboxylic acids is 2. The number of carboxylic acid groups (broad SMARTS) is 1. The maximum atomic E-state index is 13.9. The molecule has 0 radical (unpaired) electrons. The van der Waals surface area contributed by atoms with Crippen molar-refractivity contribution in [2.24, 2.45) is 5.92 Å². The fraction of sp³-hybridized carbons (Fsp3) is 0.438. The van der Waals surface area contributed by atoms with E-state index >= 15 is 0 Å². The third-order valence-electron chi connectivity index (χ3n) is 3.74. The Balaban J connectivity index is 3.63. The monoisotopic (exact) mass is 360 g/mol. The lowest BCUT2D eigenvalue weighted by atomic mass is 9.79. The van der Waals surface area contributed by atoms with Crippen molar-refractivity contribution in [3.63, 3.8) is 0 Å². The van der Waals surface area contributed by atoms with Crippen LogP contribution in [0, 0.1) is 5.92 Å². The summed E-state index contributed by atoms with van der Waals surface area (Å²) >= 11 is 0. The third-order valence-corrected chi connectivity index (χ3v) is 3.74. The van der Waals surface area contributed by atoms with Crippen LogP contribution in [0.3, 0.4) is 0 Å². The minimum Gasteiger partial charge on any atom is -0.480 e. The highest BCUT2D eigenvalue weighted by molar-refractivity contribution is 6.13. The van der Waals surface area contributed by atoms with Gasteiger partial charge in [0.1, 0.15) is 6.54 Å². The van der Waals surface area contributed by atoms with Crippen LogP contribution in [-0.4, -0.2) is 41.2 Å². The summed E-state index contributed by atoms with van der Waals surface area (Å²) in [6, 6.07) is 6.42. The number of para-hydroxylation sites is 1. The van der Waals surface area contributed by atoms with Crippen molar-refractivity contribution >= 4 is 23.3 Å². The van der Waals surface area contributed by atoms with Crippen LogP contribution in [0.15, 0.2) is 30.3 Å². The summed E-state index contributed by atoms with van der Waals surface area (Å²) in [5, 5.41) is 10.6. The van der Waals surface area contributed by atoms with E-state index in [0.717, 1.165) is 19.1 Å². The maximum absolute atomic E-state index is 13.9. The molecule has 0 aliphatic heterocycles. The van der Waals surface area contributed by atoms with Crippen molar-refractivity contribution in [3.8, 4) is 0 Å². The summed E-state index contributed by atoms with van der Waals surface area (Å²) in [4.78, 5) is 35.3. The molecule has 138 valence electrons. The quantitative estimate of drug-likeness (QED) is 0.575. The van der Waals surface area contributed by atoms with Crippen LogP contribution in [0.2, 0.25) is 0 Å². The number of carboxylic acids is 1. The molecule has 1 atom stereocenters. The van der Waals surface area contributed by atoms with Gasteiger partial charge in [-0.25, -0.2) is 0 Å². The van der Waals surface area contributed by atoms with Crippen molar-refractivity contribution in [3.05, 3.63) is 30.3 Å². The summed E-state index contributed by atoms with van der Waals surface area (Å²) in [6.45, 7) is 2.57. The van der Waals surface area contributed by atoms with Crippen LogP contribution in [-0.2, 0) is 14.4 Å². The first-order valence-electron chi connectivity index (χ1n) is 7.38. The third kappa shape index (κ3) is 4.09. The number of benzene rings is 1. The Morgan fingerprint density at radius 2 is 1.68 bits per heavy atom. The standard InChI is InChI=1S/C16H19F3N2O4/c1-10(2)15(11(3)22,14(25)20-9-13(23)24)21(16(17,18)19)12-7-5-4-6-8-12/h4-8,10H,9H2,1-3H3,(H,20,25)(H,23,24). The highest BCUT2D eigenvalue weighted by Crippen LogP contribution is 2.40. The number of hydrogen-bond acceptors (Lipinski definition) is 4. The SMILES string of the molecule is CC(=O)C(C(=O)NCC(=O)O)(C(C)C)N(c1ccccc1)C(F)(F)F. The second-order valence-corrected chi connectivity index (χ2v) is 5.69. The summed E-state index contributed by atoms with van der Waals surface area (Å²) in [5.74, 6) is -4.90. The molecule has 25 heavy (non-hydrogen) atoms. The van der Waals surface area contributed by atoms with Crippen LogP contribution in [0.25, 0.3) is 0 Å². The van der Waals surface area contributed by atoms with Crippen LogP contribution >= 0.6 is 0 Å². The predicted molar refractivity (Wildman–Crippen MR) is 83.9 cm³/mol. The molecule has 1 aromatic rings. The Morgan fingerprint density at radius 1 is 1.16 bits per heavy atom. The number of nitrogens with one attached hydrogen (secondary N) is 1. The first-order chi connectivity index (χ1) is 11.5. The van der Waals surface area contributed by atoms with E-state index in [1.807, 2.05) is 5.32 Å². The number of anilines is 1. The largest absolute Gasteiger partial charge is 0.486 e. The molecular formula is C16H19F3N2O4. The fourth-order valence-electron chi connectivity index (χ4n) is 2.76. The Bertz CT molecular complexity index is 647. The minimum atomic E-state index is -5.06. The number of nitrogens with zero attached hydrogens (tertiary/aromatic N) is 1. The summed E-state index contributed by atoms with van der Waals surface area (Å²) < 4.78 is 41.6. The topological polar surface area (TPSA) is 86.7 Å². The first-order valence-corrected chi connectivity index (χ1v) is 7.38. The average molecular weight is 360 g/mol. The summed E-state index contributed by atoms with van der Waals surface area (Å²) in [5.41, 5.74) is -3.04. The molecule has 0 aromatic heterocycles. The summed E-state index contributed by atoms with van der Waals surface area (Å²) in [7, 11) is 0. The van der Waals surface area contributed by atoms with Crippen molar-refractivity contribution < 1.29 is 32.7 Å². The van der Waals surface area contributed by atoms with Gasteiger partial charge in [-0.2, -0.15) is 13.2 Å². The minimum absolute atomic E-state index is 0.204. The van der Waals surface area contributed by atoms with E-state index < -0.39 is 47.6 Å². The second kappa shape index (κ2) is 7.54. The molecule has 1 aromatic carbocycles. The molecule has 6 nitrogen and oxygen atoms in total. The first kappa shape index (κ1) is 20.5. The molecule has 0 heterocycles. The van der Waals surface area contributed by atoms with Gasteiger partial charge in [0, 0.05) is 5.69 Å². The molecule has 0 aliphatic rings. The van der Waals surface area contributed by atoms with Crippen LogP contribution < -0.4 is 10.2 Å². The molecule has 1 unspecified atom stereocenters. The zero-order valence-electron chi connectivity index (χ0n) is 13.9. The number of Topliss-reactive ketones (excluding diaryl/α,β-unsaturated/α-hetero) is 1. The lowest BCUT2D eigenvalue weighted by Crippen LogP contribution is -2.70. The van der Waals surface area contributed by atoms with Crippen molar-refractivity contribution in [2.45, 2.75) is 32.6 Å². The molecule has 0 bridgehead atoms. The molecular weight excluding hydrogens is 341 g/mol. The number of ketones is 1. The Hall–Kier alpha value is -2.58. The summed E-state index contributed by atoms with van der Waals surface area (Å²) in [6.07, 6.45) is -5.06. The van der Waals surface area contributed by atoms with E-state index in [1.165, 1.54) is 32.0 Å². The number of aliphatic carboxylic acids is 1. The molecule has 2 N–H and O–H groups in total. The predicted octanol–water partition coefficient (Wildman–Crippen LogP) is 2.20. The zero-order chi connectivity index (χ0) is 19.4. The van der Waals surface area contributed by atoms with Crippen LogP contribution in [0.1, 0.15) is 20.8 Å². The number of halogens is 3. The van der Waals surface area contributed by atoms with Gasteiger partial charge >= 0.3 is 12.3 Å². The van der Waals surface area contributed by atoms with Gasteiger partial charge in [-0.05, 0) is 25.0 Å². The lowest BCUT2D eigenvalue weighted by Gasteiger charge is -2.45. The van der Waals surface area contributed by atoms with Gasteiger partial charge in [-0.3, -0.25) is 19.3 Å². The number of carbonyl (C=O) groups is 3. The van der Waals surface area contributed by atoms with Gasteiger partial charge in [0.2, 0.25) is 0 Å². The molecule has 0 saturated heterocycles. The lowest BCUT2D eigenvalue weighted by molar-refractivity contribution is -0.164. The Kier molecular flexibility index (Phi) is 6.17. The molecule has 1 rings (SSSR count). The van der Waals surface area contributed by atoms with Crippen LogP contribution in [0.5, 0.6) is 0 Å². The van der Waals surface area contributed by atoms with E-state index in [-0.39, 0.29) is 4.90 Å². The molecule has 0 saturated carbocycles. The zero-order valence-corrected chi connectivity index (χ0v) is 13.9. The molecule has 9 heteroatoms. The van der Waals surface area contributed by atoms with E-state index in [0.29, 0.717) is 0 Å². The average Bonchev–Trinajstić information content (AvgIpc) is 2.48. The Morgan fingerprint density at radius 3 is 2.04 bits per heavy atom. The van der Waals surface area contributed by atoms with E-state index in [1.54, 1.807) is 0 Å². The number of amides is 1. The van der Waals surface area contributed by atoms with Gasteiger partial charge in [0.05, 0.1) is 0 Å². The van der Waals surface area contributed by atoms with E-state index in [9.17, 15) is 27.6 Å². The highest BCUT2D eigenvalue weighted by Gasteiger charge is 2.60. The van der Waals surface area contributed by atoms with Gasteiger partial charge < -0.3 is 10.4 Å². The van der Waals surface area contributed by atoms with Gasteiger partial charge in [-0.1, -0.05) is 32.0 Å². The number of hydrogen-bond donors (Lipinski definition) is 2. The van der Waals surface area contributed by atoms with Gasteiger partial charge in [-0.15, -0.1) is 0 Å². The molecule has 1 amide bonds. The van der Waals surface area contributed by atoms with Gasteiger partial charge in [0.25, 0.3) is 5.91 Å². The smallest absolute Gasteiger partial charge is 0.480 e. The number of alkyl halides is 3. The maximum Gasteiger partial charge on any atom is 0.486 e. The fourth-order valence-corrected chi connectivity index (χ4v) is 2.76. The molecule has 0 aliphatic carbocycles. The van der Waals surface area contributed by atoms with Crippen molar-refractivity contribution in [2.75, 3.05) is 11.4 Å². The Labute approximate surface area is 142 Å². The highest BCUT2D eigenvalue weighted by atomic mass is 19.4.